The molecule has 188 valence electrons. The Labute approximate surface area is 190 Å². The van der Waals surface area contributed by atoms with E-state index >= 15 is 0 Å². The van der Waals surface area contributed by atoms with Gasteiger partial charge in [-0.15, -0.1) is 0 Å². The molecular weight excluding hydrogens is 442 g/mol. The van der Waals surface area contributed by atoms with Gasteiger partial charge in [0.25, 0.3) is 0 Å². The Morgan fingerprint density at radius 3 is 1.73 bits per heavy atom. The van der Waals surface area contributed by atoms with E-state index in [4.69, 9.17) is 16.6 Å². The molecule has 0 saturated heterocycles. The van der Waals surface area contributed by atoms with Crippen LogP contribution in [0.2, 0.25) is 0 Å². The van der Waals surface area contributed by atoms with Crippen LogP contribution < -0.4 is 27.4 Å². The zero-order valence-corrected chi connectivity index (χ0v) is 18.6. The van der Waals surface area contributed by atoms with E-state index in [9.17, 15) is 39.0 Å². The number of nitrogens with two attached hydrogens (primary N) is 2. The molecule has 0 bridgehead atoms. The van der Waals surface area contributed by atoms with Crippen molar-refractivity contribution < 1.29 is 44.1 Å². The topological polar surface area (TPSA) is 251 Å². The van der Waals surface area contributed by atoms with Gasteiger partial charge in [0.2, 0.25) is 23.6 Å². The number of aliphatic carboxylic acids is 2. The molecule has 10 N–H and O–H groups in total. The fourth-order valence-corrected chi connectivity index (χ4v) is 2.71. The van der Waals surface area contributed by atoms with Gasteiger partial charge >= 0.3 is 11.9 Å². The first-order valence-electron chi connectivity index (χ1n) is 10.3. The van der Waals surface area contributed by atoms with Gasteiger partial charge in [-0.25, -0.2) is 4.79 Å². The highest BCUT2D eigenvalue weighted by molar-refractivity contribution is 5.94. The molecule has 4 unspecified atom stereocenters. The van der Waals surface area contributed by atoms with Crippen molar-refractivity contribution in [2.24, 2.45) is 17.4 Å². The molecule has 14 nitrogen and oxygen atoms in total. The van der Waals surface area contributed by atoms with Crippen LogP contribution in [0.15, 0.2) is 0 Å². The number of nitrogens with one attached hydrogen (secondary N) is 3. The molecule has 0 saturated carbocycles. The van der Waals surface area contributed by atoms with Crippen molar-refractivity contribution in [2.45, 2.75) is 70.1 Å². The van der Waals surface area contributed by atoms with Crippen molar-refractivity contribution in [1.29, 1.82) is 0 Å². The number of carboxylic acid groups (broad SMARTS) is 2. The minimum Gasteiger partial charge on any atom is -0.481 e. The number of hydrogen-bond acceptors (Lipinski definition) is 8. The summed E-state index contributed by atoms with van der Waals surface area (Å²) < 4.78 is 0. The highest BCUT2D eigenvalue weighted by Gasteiger charge is 2.30. The number of hydrogen-bond donors (Lipinski definition) is 8. The summed E-state index contributed by atoms with van der Waals surface area (Å²) in [6.07, 6.45) is -1.29. The van der Waals surface area contributed by atoms with Gasteiger partial charge in [-0.2, -0.15) is 0 Å². The van der Waals surface area contributed by atoms with E-state index in [-0.39, 0.29) is 18.8 Å². The van der Waals surface area contributed by atoms with Gasteiger partial charge in [-0.3, -0.25) is 24.0 Å². The van der Waals surface area contributed by atoms with Crippen molar-refractivity contribution in [3.8, 4) is 0 Å². The number of primary amides is 1. The molecule has 0 aromatic heterocycles. The second kappa shape index (κ2) is 14.7. The fraction of sp³-hybridized carbons (Fsp3) is 0.684. The number of aliphatic hydroxyl groups is 1. The summed E-state index contributed by atoms with van der Waals surface area (Å²) >= 11 is 0. The molecule has 0 aliphatic heterocycles. The van der Waals surface area contributed by atoms with E-state index in [1.807, 2.05) is 13.8 Å². The Kier molecular flexibility index (Phi) is 13.3. The molecule has 0 radical (unpaired) electrons. The highest BCUT2D eigenvalue weighted by Crippen LogP contribution is 2.05. The van der Waals surface area contributed by atoms with Gasteiger partial charge in [0, 0.05) is 12.8 Å². The third kappa shape index (κ3) is 12.4. The molecule has 33 heavy (non-hydrogen) atoms. The molecule has 0 rings (SSSR count). The minimum atomic E-state index is -1.57. The number of carbonyl (C=O) groups is 6. The van der Waals surface area contributed by atoms with Gasteiger partial charge in [0.05, 0.1) is 12.6 Å². The van der Waals surface area contributed by atoms with Crippen molar-refractivity contribution in [3.05, 3.63) is 0 Å². The van der Waals surface area contributed by atoms with Crippen LogP contribution in [-0.4, -0.2) is 81.7 Å². The summed E-state index contributed by atoms with van der Waals surface area (Å²) in [4.78, 5) is 70.4. The zero-order chi connectivity index (χ0) is 25.7. The smallest absolute Gasteiger partial charge is 0.326 e. The lowest BCUT2D eigenvalue weighted by molar-refractivity contribution is -0.143. The van der Waals surface area contributed by atoms with Crippen molar-refractivity contribution in [3.63, 3.8) is 0 Å². The van der Waals surface area contributed by atoms with Gasteiger partial charge in [0.1, 0.15) is 18.1 Å². The van der Waals surface area contributed by atoms with Gasteiger partial charge in [0.15, 0.2) is 0 Å². The number of carboxylic acids is 2. The largest absolute Gasteiger partial charge is 0.481 e. The Balaban J connectivity index is 5.34. The molecular formula is C19H33N5O9. The van der Waals surface area contributed by atoms with Crippen LogP contribution in [0, 0.1) is 5.92 Å². The molecule has 0 aromatic rings. The molecule has 0 aliphatic rings. The molecule has 4 atom stereocenters. The first-order valence-corrected chi connectivity index (χ1v) is 10.3. The summed E-state index contributed by atoms with van der Waals surface area (Å²) in [5, 5.41) is 34.0. The van der Waals surface area contributed by atoms with Crippen LogP contribution >= 0.6 is 0 Å². The summed E-state index contributed by atoms with van der Waals surface area (Å²) in [7, 11) is 0. The molecule has 0 aromatic carbocycles. The first-order chi connectivity index (χ1) is 15.3. The second-order valence-electron chi connectivity index (χ2n) is 7.88. The van der Waals surface area contributed by atoms with Crippen LogP contribution in [0.3, 0.4) is 0 Å². The van der Waals surface area contributed by atoms with Gasteiger partial charge < -0.3 is 42.7 Å². The summed E-state index contributed by atoms with van der Waals surface area (Å²) in [6, 6.07) is -5.43. The normalized spacial score (nSPS) is 14.5. The maximum Gasteiger partial charge on any atom is 0.326 e. The Morgan fingerprint density at radius 1 is 0.788 bits per heavy atom. The van der Waals surface area contributed by atoms with Gasteiger partial charge in [-0.1, -0.05) is 13.8 Å². The Morgan fingerprint density at radius 2 is 1.27 bits per heavy atom. The third-order valence-corrected chi connectivity index (χ3v) is 4.45. The van der Waals surface area contributed by atoms with Crippen molar-refractivity contribution in [1.82, 2.24) is 16.0 Å². The zero-order valence-electron chi connectivity index (χ0n) is 18.6. The van der Waals surface area contributed by atoms with Gasteiger partial charge in [-0.05, 0) is 25.2 Å². The van der Waals surface area contributed by atoms with Crippen molar-refractivity contribution >= 4 is 35.6 Å². The monoisotopic (exact) mass is 475 g/mol. The van der Waals surface area contributed by atoms with Crippen LogP contribution in [0.1, 0.15) is 46.0 Å². The fourth-order valence-electron chi connectivity index (χ4n) is 2.71. The molecule has 4 amide bonds. The van der Waals surface area contributed by atoms with E-state index in [1.165, 1.54) is 0 Å². The third-order valence-electron chi connectivity index (χ3n) is 4.45. The second-order valence-corrected chi connectivity index (χ2v) is 7.88. The Bertz CT molecular complexity index is 728. The maximum atomic E-state index is 12.6. The predicted molar refractivity (Wildman–Crippen MR) is 113 cm³/mol. The maximum absolute atomic E-state index is 12.6. The van der Waals surface area contributed by atoms with E-state index in [0.717, 1.165) is 0 Å². The van der Waals surface area contributed by atoms with Crippen LogP contribution in [-0.2, 0) is 28.8 Å². The van der Waals surface area contributed by atoms with Crippen LogP contribution in [0.25, 0.3) is 0 Å². The number of amides is 4. The highest BCUT2D eigenvalue weighted by atomic mass is 16.4. The predicted octanol–water partition coefficient (Wildman–Crippen LogP) is -2.98. The molecule has 0 spiro atoms. The summed E-state index contributed by atoms with van der Waals surface area (Å²) in [5.74, 6) is -6.16. The van der Waals surface area contributed by atoms with Crippen molar-refractivity contribution in [2.75, 3.05) is 6.61 Å². The standard InChI is InChI=1S/C19H33N5O9/c1-9(2)7-10(20)16(29)24-13(8-25)18(31)22-11(3-5-14(21)26)17(30)23-12(19(32)33)4-6-15(27)28/h9-13,25H,3-8,20H2,1-2H3,(H2,21,26)(H,22,31)(H,23,30)(H,24,29)(H,27,28)(H,32,33). The molecule has 0 aliphatic carbocycles. The summed E-state index contributed by atoms with van der Waals surface area (Å²) in [5.41, 5.74) is 10.8. The number of carbonyl (C=O) groups excluding carboxylic acids is 4. The van der Waals surface area contributed by atoms with E-state index in [0.29, 0.717) is 6.42 Å². The average molecular weight is 475 g/mol. The van der Waals surface area contributed by atoms with E-state index < -0.39 is 79.2 Å². The molecule has 0 heterocycles. The average Bonchev–Trinajstić information content (AvgIpc) is 2.70. The van der Waals surface area contributed by atoms with Crippen LogP contribution in [0.4, 0.5) is 0 Å². The lowest BCUT2D eigenvalue weighted by Gasteiger charge is -2.24. The first kappa shape index (κ1) is 29.7. The number of aliphatic hydroxyl groups excluding tert-OH is 1. The molecule has 14 heteroatoms. The SMILES string of the molecule is CC(C)CC(N)C(=O)NC(CO)C(=O)NC(CCC(N)=O)C(=O)NC(CCC(=O)O)C(=O)O. The van der Waals surface area contributed by atoms with E-state index in [2.05, 4.69) is 16.0 Å². The quantitative estimate of drug-likeness (QED) is 0.112. The summed E-state index contributed by atoms with van der Waals surface area (Å²) in [6.45, 7) is 2.85. The van der Waals surface area contributed by atoms with Crippen LogP contribution in [0.5, 0.6) is 0 Å². The number of rotatable bonds is 16. The van der Waals surface area contributed by atoms with E-state index in [1.54, 1.807) is 0 Å². The minimum absolute atomic E-state index is 0.0948. The Hall–Kier alpha value is -3.26. The molecule has 0 fully saturated rings. The lowest BCUT2D eigenvalue weighted by atomic mass is 10.0. The lowest BCUT2D eigenvalue weighted by Crippen LogP contribution is -2.58.